The minimum atomic E-state index is -2.65. The van der Waals surface area contributed by atoms with Gasteiger partial charge < -0.3 is 13.9 Å². The van der Waals surface area contributed by atoms with Crippen LogP contribution in [0.15, 0.2) is 36.5 Å². The number of nitrogens with one attached hydrogen (secondary N) is 1. The van der Waals surface area contributed by atoms with Gasteiger partial charge in [-0.3, -0.25) is 15.1 Å². The number of carbonyl (C=O) groups is 1. The van der Waals surface area contributed by atoms with E-state index in [1.165, 1.54) is 0 Å². The second-order valence-electron chi connectivity index (χ2n) is 11.5. The molecule has 0 saturated carbocycles. The number of hydrogen-bond donors (Lipinski definition) is 1. The van der Waals surface area contributed by atoms with Gasteiger partial charge in [0.1, 0.15) is 7.14 Å². The van der Waals surface area contributed by atoms with Crippen LogP contribution in [0.5, 0.6) is 5.88 Å². The van der Waals surface area contributed by atoms with Gasteiger partial charge in [0.2, 0.25) is 11.8 Å². The lowest BCUT2D eigenvalue weighted by Crippen LogP contribution is -2.20. The van der Waals surface area contributed by atoms with Crippen molar-refractivity contribution in [2.24, 2.45) is 13.0 Å². The molecule has 0 aliphatic carbocycles. The topological polar surface area (TPSA) is 104 Å². The van der Waals surface area contributed by atoms with Crippen LogP contribution < -0.4 is 15.4 Å². The predicted molar refractivity (Wildman–Crippen MR) is 160 cm³/mol. The van der Waals surface area contributed by atoms with Crippen molar-refractivity contribution in [2.45, 2.75) is 72.2 Å². The van der Waals surface area contributed by atoms with Crippen molar-refractivity contribution in [3.63, 3.8) is 0 Å². The molecular weight excluding hydrogens is 523 g/mol. The van der Waals surface area contributed by atoms with Gasteiger partial charge in [-0.1, -0.05) is 34.6 Å². The molecule has 40 heavy (non-hydrogen) atoms. The Bertz CT molecular complexity index is 1610. The number of ether oxygens (including phenoxy) is 1. The van der Waals surface area contributed by atoms with Gasteiger partial charge in [-0.05, 0) is 56.0 Å². The molecule has 1 aliphatic heterocycles. The summed E-state index contributed by atoms with van der Waals surface area (Å²) in [5.41, 5.74) is 4.27. The molecule has 5 rings (SSSR count). The van der Waals surface area contributed by atoms with Crippen LogP contribution in [0.1, 0.15) is 63.5 Å². The summed E-state index contributed by atoms with van der Waals surface area (Å²) in [5.74, 6) is 1.13. The molecule has 0 radical (unpaired) electrons. The van der Waals surface area contributed by atoms with Crippen LogP contribution in [-0.2, 0) is 18.2 Å². The smallest absolute Gasteiger partial charge is 0.258 e. The van der Waals surface area contributed by atoms with Crippen molar-refractivity contribution in [2.75, 3.05) is 11.9 Å². The highest BCUT2D eigenvalue weighted by atomic mass is 31.2. The van der Waals surface area contributed by atoms with Crippen molar-refractivity contribution in [1.82, 2.24) is 24.3 Å². The maximum atomic E-state index is 14.2. The summed E-state index contributed by atoms with van der Waals surface area (Å²) < 4.78 is 24.1. The molecule has 1 amide bonds. The van der Waals surface area contributed by atoms with E-state index < -0.39 is 7.14 Å². The summed E-state index contributed by atoms with van der Waals surface area (Å²) in [6.45, 7) is 13.4. The number of hydrogen-bond acceptors (Lipinski definition) is 6. The molecule has 3 aromatic heterocycles. The van der Waals surface area contributed by atoms with Crippen LogP contribution >= 0.6 is 7.14 Å². The van der Waals surface area contributed by atoms with Crippen LogP contribution in [0.25, 0.3) is 22.3 Å². The monoisotopic (exact) mass is 562 g/mol. The molecule has 1 atom stereocenters. The van der Waals surface area contributed by atoms with Gasteiger partial charge in [0.15, 0.2) is 0 Å². The molecule has 0 saturated heterocycles. The number of carbonyl (C=O) groups excluding carboxylic acids is 1. The van der Waals surface area contributed by atoms with E-state index in [4.69, 9.17) is 9.72 Å². The fraction of sp³-hybridized carbons (Fsp3) is 0.467. The molecule has 0 unspecified atom stereocenters. The predicted octanol–water partition coefficient (Wildman–Crippen LogP) is 6.01. The van der Waals surface area contributed by atoms with Gasteiger partial charge in [0, 0.05) is 41.5 Å². The molecule has 4 aromatic rings. The quantitative estimate of drug-likeness (QED) is 0.307. The lowest BCUT2D eigenvalue weighted by Gasteiger charge is -2.26. The number of anilines is 1. The highest BCUT2D eigenvalue weighted by molar-refractivity contribution is 7.72. The minimum Gasteiger partial charge on any atom is -0.477 e. The largest absolute Gasteiger partial charge is 0.477 e. The number of pyridine rings is 1. The van der Waals surface area contributed by atoms with Crippen molar-refractivity contribution in [1.29, 1.82) is 0 Å². The van der Waals surface area contributed by atoms with Gasteiger partial charge in [-0.25, -0.2) is 9.67 Å². The molecule has 0 spiro atoms. The van der Waals surface area contributed by atoms with Crippen molar-refractivity contribution in [3.05, 3.63) is 47.8 Å². The van der Waals surface area contributed by atoms with E-state index in [1.54, 1.807) is 23.0 Å². The third-order valence-corrected chi connectivity index (χ3v) is 12.0. The van der Waals surface area contributed by atoms with E-state index >= 15 is 0 Å². The van der Waals surface area contributed by atoms with E-state index in [1.807, 2.05) is 59.9 Å². The second kappa shape index (κ2) is 10.8. The third-order valence-electron chi connectivity index (χ3n) is 7.85. The molecule has 10 heteroatoms. The Hall–Kier alpha value is -3.45. The van der Waals surface area contributed by atoms with Crippen molar-refractivity contribution < 1.29 is 14.1 Å². The van der Waals surface area contributed by atoms with E-state index in [-0.39, 0.29) is 23.1 Å². The number of aromatic nitrogens is 5. The SMILES string of the molecule is Cc1cc2cc(n1)-c1cnn(C)c1OCCC[C@@H](C)Cn1c(nc3ccc(P(=O)(C(C)C)C(C)C)cc31)NC2=O. The van der Waals surface area contributed by atoms with Crippen LogP contribution in [0.3, 0.4) is 0 Å². The summed E-state index contributed by atoms with van der Waals surface area (Å²) >= 11 is 0. The van der Waals surface area contributed by atoms with Crippen molar-refractivity contribution >= 4 is 35.3 Å². The Kier molecular flexibility index (Phi) is 7.62. The molecular formula is C30H39N6O3P. The summed E-state index contributed by atoms with van der Waals surface area (Å²) in [6.07, 6.45) is 3.50. The molecule has 4 heterocycles. The summed E-state index contributed by atoms with van der Waals surface area (Å²) in [6, 6.07) is 9.44. The first kappa shape index (κ1) is 28.1. The number of fused-ring (bicyclic) bond motifs is 7. The first-order valence-corrected chi connectivity index (χ1v) is 15.9. The van der Waals surface area contributed by atoms with Gasteiger partial charge >= 0.3 is 0 Å². The zero-order chi connectivity index (χ0) is 28.8. The van der Waals surface area contributed by atoms with Gasteiger partial charge in [0.25, 0.3) is 5.91 Å². The fourth-order valence-corrected chi connectivity index (χ4v) is 8.71. The van der Waals surface area contributed by atoms with Crippen LogP contribution in [0, 0.1) is 12.8 Å². The van der Waals surface area contributed by atoms with Gasteiger partial charge in [-0.2, -0.15) is 5.10 Å². The minimum absolute atomic E-state index is 0.0253. The maximum Gasteiger partial charge on any atom is 0.258 e. The maximum absolute atomic E-state index is 14.2. The van der Waals surface area contributed by atoms with E-state index in [0.717, 1.165) is 34.7 Å². The van der Waals surface area contributed by atoms with E-state index in [0.29, 0.717) is 41.9 Å². The lowest BCUT2D eigenvalue weighted by atomic mass is 10.1. The fourth-order valence-electron chi connectivity index (χ4n) is 5.69. The van der Waals surface area contributed by atoms with Crippen molar-refractivity contribution in [3.8, 4) is 17.1 Å². The number of benzene rings is 1. The number of nitrogens with zero attached hydrogens (tertiary/aromatic N) is 5. The first-order chi connectivity index (χ1) is 19.0. The average molecular weight is 563 g/mol. The Morgan fingerprint density at radius 1 is 1.10 bits per heavy atom. The zero-order valence-electron chi connectivity index (χ0n) is 24.4. The number of rotatable bonds is 3. The van der Waals surface area contributed by atoms with Crippen LogP contribution in [-0.4, -0.2) is 48.1 Å². The molecule has 1 aromatic carbocycles. The molecule has 9 nitrogen and oxygen atoms in total. The third kappa shape index (κ3) is 5.07. The Labute approximate surface area is 235 Å². The van der Waals surface area contributed by atoms with Gasteiger partial charge in [0.05, 0.1) is 35.1 Å². The van der Waals surface area contributed by atoms with E-state index in [2.05, 4.69) is 26.9 Å². The van der Waals surface area contributed by atoms with Gasteiger partial charge in [-0.15, -0.1) is 0 Å². The summed E-state index contributed by atoms with van der Waals surface area (Å²) in [4.78, 5) is 23.1. The first-order valence-electron chi connectivity index (χ1n) is 14.0. The Morgan fingerprint density at radius 2 is 1.85 bits per heavy atom. The highest BCUT2D eigenvalue weighted by Gasteiger charge is 2.33. The normalized spacial score (nSPS) is 16.7. The van der Waals surface area contributed by atoms with E-state index in [9.17, 15) is 9.36 Å². The lowest BCUT2D eigenvalue weighted by molar-refractivity contribution is 0.102. The number of imidazole rings is 1. The molecule has 2 bridgehead atoms. The summed E-state index contributed by atoms with van der Waals surface area (Å²) in [7, 11) is -0.810. The molecule has 1 aliphatic rings. The molecule has 0 fully saturated rings. The Balaban J connectivity index is 1.63. The number of aryl methyl sites for hydroxylation is 2. The summed E-state index contributed by atoms with van der Waals surface area (Å²) in [5, 5.41) is 8.31. The van der Waals surface area contributed by atoms with Crippen LogP contribution in [0.4, 0.5) is 5.95 Å². The zero-order valence-corrected chi connectivity index (χ0v) is 25.3. The van der Waals surface area contributed by atoms with Crippen LogP contribution in [0.2, 0.25) is 0 Å². The second-order valence-corrected chi connectivity index (χ2v) is 15.5. The molecule has 212 valence electrons. The standard InChI is InChI=1S/C30H39N6O3P/c1-18(2)40(38,19(3)4)23-10-11-25-27(15-23)36-17-20(5)9-8-12-39-29-24(16-31-35(29)7)26-14-22(13-21(6)32-26)28(37)34-30(36)33-25/h10-11,13-16,18-20H,8-9,12,17H2,1-7H3,(H,33,34,37)/t20-/m1/s1. The average Bonchev–Trinajstić information content (AvgIpc) is 3.44. The Morgan fingerprint density at radius 3 is 2.58 bits per heavy atom. The molecule has 1 N–H and O–H groups in total. The highest BCUT2D eigenvalue weighted by Crippen LogP contribution is 2.54. The number of amides is 1.